The number of pyridine rings is 1. The summed E-state index contributed by atoms with van der Waals surface area (Å²) in [6.45, 7) is 3.85. The van der Waals surface area contributed by atoms with Crippen LogP contribution in [0.4, 0.5) is 5.82 Å². The maximum atomic E-state index is 5.58. The first-order valence-corrected chi connectivity index (χ1v) is 4.72. The molecule has 1 radical (unpaired) electrons. The molecule has 65 valence electrons. The van der Waals surface area contributed by atoms with E-state index < -0.39 is 0 Å². The van der Waals surface area contributed by atoms with Crippen molar-refractivity contribution in [2.24, 2.45) is 0 Å². The molecule has 0 saturated heterocycles. The van der Waals surface area contributed by atoms with E-state index in [1.54, 1.807) is 17.4 Å². The fraction of sp³-hybridized carbons (Fsp3) is 0. The number of hydrogen-bond acceptors (Lipinski definition) is 3. The topological polar surface area (TPSA) is 38.9 Å². The number of nitrogens with two attached hydrogens (primary N) is 1. The number of nitrogens with zero attached hydrogens (tertiary/aromatic N) is 1. The van der Waals surface area contributed by atoms with Crippen LogP contribution in [0.2, 0.25) is 0 Å². The molecule has 13 heavy (non-hydrogen) atoms. The van der Waals surface area contributed by atoms with Crippen LogP contribution in [0.25, 0.3) is 10.6 Å². The fourth-order valence-electron chi connectivity index (χ4n) is 1.10. The highest BCUT2D eigenvalue weighted by atomic mass is 32.1. The van der Waals surface area contributed by atoms with Crippen molar-refractivity contribution in [2.45, 2.75) is 0 Å². The molecule has 0 aromatic carbocycles. The Balaban J connectivity index is 2.46. The zero-order chi connectivity index (χ0) is 9.26. The predicted molar refractivity (Wildman–Crippen MR) is 56.4 cm³/mol. The molecule has 0 aliphatic carbocycles. The van der Waals surface area contributed by atoms with Gasteiger partial charge in [0.25, 0.3) is 0 Å². The Bertz CT molecular complexity index is 420. The molecule has 2 N–H and O–H groups in total. The highest BCUT2D eigenvalue weighted by Crippen LogP contribution is 2.26. The van der Waals surface area contributed by atoms with E-state index in [2.05, 4.69) is 11.9 Å². The molecule has 0 aliphatic heterocycles. The van der Waals surface area contributed by atoms with Gasteiger partial charge < -0.3 is 5.73 Å². The minimum atomic E-state index is 0.552. The van der Waals surface area contributed by atoms with Gasteiger partial charge in [-0.05, 0) is 31.2 Å². The Morgan fingerprint density at radius 2 is 2.08 bits per heavy atom. The summed E-state index contributed by atoms with van der Waals surface area (Å²) in [4.78, 5) is 6.37. The third-order valence-corrected chi connectivity index (χ3v) is 2.65. The normalized spacial score (nSPS) is 10.2. The average Bonchev–Trinajstić information content (AvgIpc) is 2.52. The van der Waals surface area contributed by atoms with Gasteiger partial charge in [0.1, 0.15) is 5.82 Å². The molecule has 0 atom stereocenters. The molecule has 0 unspecified atom stereocenters. The van der Waals surface area contributed by atoms with Gasteiger partial charge >= 0.3 is 0 Å². The van der Waals surface area contributed by atoms with E-state index in [0.717, 1.165) is 15.4 Å². The number of thiophene rings is 1. The van der Waals surface area contributed by atoms with Gasteiger partial charge in [0.15, 0.2) is 0 Å². The molecular formula is C10H9N2S. The monoisotopic (exact) mass is 189 g/mol. The lowest BCUT2D eigenvalue weighted by Gasteiger charge is -1.96. The lowest BCUT2D eigenvalue weighted by atomic mass is 10.3. The SMILES string of the molecule is [CH2]c1ccc(-c2cccc(N)n2)s1. The maximum absolute atomic E-state index is 5.58. The van der Waals surface area contributed by atoms with Crippen LogP contribution in [0.3, 0.4) is 0 Å². The maximum Gasteiger partial charge on any atom is 0.124 e. The minimum Gasteiger partial charge on any atom is -0.384 e. The molecule has 0 aliphatic rings. The molecule has 0 fully saturated rings. The Morgan fingerprint density at radius 1 is 1.23 bits per heavy atom. The van der Waals surface area contributed by atoms with E-state index in [-0.39, 0.29) is 0 Å². The van der Waals surface area contributed by atoms with Crippen molar-refractivity contribution in [2.75, 3.05) is 5.73 Å². The third-order valence-electron chi connectivity index (χ3n) is 1.68. The van der Waals surface area contributed by atoms with Crippen LogP contribution in [-0.4, -0.2) is 4.98 Å². The quantitative estimate of drug-likeness (QED) is 0.748. The highest BCUT2D eigenvalue weighted by Gasteiger charge is 2.01. The lowest BCUT2D eigenvalue weighted by molar-refractivity contribution is 1.35. The standard InChI is InChI=1S/C10H9N2S/c1-7-5-6-9(13-7)8-3-2-4-10(11)12-8/h2-6H,1H2,(H2,11,12). The second-order valence-corrected chi connectivity index (χ2v) is 3.88. The molecule has 2 nitrogen and oxygen atoms in total. The fourth-order valence-corrected chi connectivity index (χ4v) is 1.88. The Morgan fingerprint density at radius 3 is 2.69 bits per heavy atom. The van der Waals surface area contributed by atoms with Crippen LogP contribution >= 0.6 is 11.3 Å². The van der Waals surface area contributed by atoms with E-state index in [4.69, 9.17) is 5.73 Å². The van der Waals surface area contributed by atoms with Crippen LogP contribution < -0.4 is 5.73 Å². The number of hydrogen-bond donors (Lipinski definition) is 1. The number of rotatable bonds is 1. The first kappa shape index (κ1) is 8.26. The molecule has 0 amide bonds. The minimum absolute atomic E-state index is 0.552. The smallest absolute Gasteiger partial charge is 0.124 e. The Labute approximate surface area is 81.1 Å². The van der Waals surface area contributed by atoms with Gasteiger partial charge in [0, 0.05) is 4.88 Å². The van der Waals surface area contributed by atoms with Crippen LogP contribution in [0, 0.1) is 6.92 Å². The van der Waals surface area contributed by atoms with Gasteiger partial charge in [-0.1, -0.05) is 6.07 Å². The molecular weight excluding hydrogens is 180 g/mol. The van der Waals surface area contributed by atoms with Crippen molar-refractivity contribution < 1.29 is 0 Å². The summed E-state index contributed by atoms with van der Waals surface area (Å²) in [5.74, 6) is 0.552. The summed E-state index contributed by atoms with van der Waals surface area (Å²) < 4.78 is 0. The van der Waals surface area contributed by atoms with Gasteiger partial charge in [-0.2, -0.15) is 0 Å². The van der Waals surface area contributed by atoms with E-state index in [9.17, 15) is 0 Å². The van der Waals surface area contributed by atoms with Crippen molar-refractivity contribution in [3.8, 4) is 10.6 Å². The number of anilines is 1. The van der Waals surface area contributed by atoms with Gasteiger partial charge in [-0.25, -0.2) is 4.98 Å². The second-order valence-electron chi connectivity index (χ2n) is 2.71. The Kier molecular flexibility index (Phi) is 2.02. The van der Waals surface area contributed by atoms with Crippen LogP contribution in [0.5, 0.6) is 0 Å². The summed E-state index contributed by atoms with van der Waals surface area (Å²) in [7, 11) is 0. The molecule has 2 heterocycles. The van der Waals surface area contributed by atoms with Gasteiger partial charge in [0.2, 0.25) is 0 Å². The molecule has 2 aromatic rings. The number of nitrogen functional groups attached to an aromatic ring is 1. The third kappa shape index (κ3) is 1.70. The molecule has 2 aromatic heterocycles. The molecule has 0 bridgehead atoms. The predicted octanol–water partition coefficient (Wildman–Crippen LogP) is 2.57. The highest BCUT2D eigenvalue weighted by molar-refractivity contribution is 7.15. The lowest BCUT2D eigenvalue weighted by Crippen LogP contribution is -1.89. The van der Waals surface area contributed by atoms with Crippen molar-refractivity contribution >= 4 is 17.2 Å². The number of aromatic nitrogens is 1. The molecule has 0 spiro atoms. The van der Waals surface area contributed by atoms with Crippen LogP contribution in [0.15, 0.2) is 30.3 Å². The summed E-state index contributed by atoms with van der Waals surface area (Å²) in [5.41, 5.74) is 6.50. The van der Waals surface area contributed by atoms with Crippen molar-refractivity contribution in [1.82, 2.24) is 4.98 Å². The van der Waals surface area contributed by atoms with Crippen LogP contribution in [-0.2, 0) is 0 Å². The zero-order valence-electron chi connectivity index (χ0n) is 7.03. The Hall–Kier alpha value is -1.35. The first-order valence-electron chi connectivity index (χ1n) is 3.90. The van der Waals surface area contributed by atoms with E-state index >= 15 is 0 Å². The van der Waals surface area contributed by atoms with Gasteiger partial charge in [-0.15, -0.1) is 11.3 Å². The molecule has 3 heteroatoms. The summed E-state index contributed by atoms with van der Waals surface area (Å²) >= 11 is 1.62. The summed E-state index contributed by atoms with van der Waals surface area (Å²) in [6.07, 6.45) is 0. The summed E-state index contributed by atoms with van der Waals surface area (Å²) in [6, 6.07) is 9.61. The second kappa shape index (κ2) is 3.18. The van der Waals surface area contributed by atoms with Crippen molar-refractivity contribution in [3.05, 3.63) is 42.1 Å². The van der Waals surface area contributed by atoms with E-state index in [1.165, 1.54) is 0 Å². The van der Waals surface area contributed by atoms with Crippen LogP contribution in [0.1, 0.15) is 4.88 Å². The van der Waals surface area contributed by atoms with Crippen molar-refractivity contribution in [3.63, 3.8) is 0 Å². The van der Waals surface area contributed by atoms with Gasteiger partial charge in [0.05, 0.1) is 10.6 Å². The average molecular weight is 189 g/mol. The molecule has 0 saturated carbocycles. The largest absolute Gasteiger partial charge is 0.384 e. The van der Waals surface area contributed by atoms with E-state index in [1.807, 2.05) is 24.3 Å². The van der Waals surface area contributed by atoms with E-state index in [0.29, 0.717) is 5.82 Å². The first-order chi connectivity index (χ1) is 6.25. The zero-order valence-corrected chi connectivity index (χ0v) is 7.84. The van der Waals surface area contributed by atoms with Crippen molar-refractivity contribution in [1.29, 1.82) is 0 Å². The van der Waals surface area contributed by atoms with Gasteiger partial charge in [-0.3, -0.25) is 0 Å². The summed E-state index contributed by atoms with van der Waals surface area (Å²) in [5, 5.41) is 0. The molecule has 2 rings (SSSR count).